The van der Waals surface area contributed by atoms with Gasteiger partial charge in [-0.2, -0.15) is 0 Å². The molecular weight excluding hydrogens is 288 g/mol. The monoisotopic (exact) mass is 304 g/mol. The molecule has 2 heterocycles. The number of hydrogen-bond acceptors (Lipinski definition) is 6. The van der Waals surface area contributed by atoms with E-state index >= 15 is 0 Å². The van der Waals surface area contributed by atoms with Gasteiger partial charge in [-0.1, -0.05) is 18.2 Å². The van der Waals surface area contributed by atoms with Crippen LogP contribution in [0.5, 0.6) is 0 Å². The number of para-hydroxylation sites is 1. The first-order valence-electron chi connectivity index (χ1n) is 7.04. The lowest BCUT2D eigenvalue weighted by Crippen LogP contribution is -2.37. The molecule has 0 spiro atoms. The molecule has 1 aromatic carbocycles. The van der Waals surface area contributed by atoms with Gasteiger partial charge in [-0.15, -0.1) is 0 Å². The molecule has 6 nitrogen and oxygen atoms in total. The molecule has 0 radical (unpaired) electrons. The van der Waals surface area contributed by atoms with Crippen LogP contribution in [0.3, 0.4) is 0 Å². The quantitative estimate of drug-likeness (QED) is 0.634. The van der Waals surface area contributed by atoms with Gasteiger partial charge in [-0.3, -0.25) is 4.79 Å². The number of aryl methyl sites for hydroxylation is 1. The van der Waals surface area contributed by atoms with E-state index in [0.29, 0.717) is 18.8 Å². The Morgan fingerprint density at radius 2 is 2.09 bits per heavy atom. The Morgan fingerprint density at radius 3 is 2.82 bits per heavy atom. The fraction of sp³-hybridized carbons (Fsp3) is 0.375. The molecule has 1 fully saturated rings. The number of carbonyl (C=O) groups excluding carboxylic acids is 2. The second kappa shape index (κ2) is 6.29. The first-order chi connectivity index (χ1) is 10.7. The third-order valence-corrected chi connectivity index (χ3v) is 3.52. The molecule has 1 saturated heterocycles. The Balaban J connectivity index is 1.66. The number of carbonyl (C=O) groups is 2. The summed E-state index contributed by atoms with van der Waals surface area (Å²) < 4.78 is 20.9. The van der Waals surface area contributed by atoms with Gasteiger partial charge in [0.25, 0.3) is 0 Å². The van der Waals surface area contributed by atoms with Gasteiger partial charge in [0.15, 0.2) is 18.5 Å². The Labute approximate surface area is 126 Å². The lowest BCUT2D eigenvalue weighted by atomic mass is 10.1. The van der Waals surface area contributed by atoms with Crippen LogP contribution < -0.4 is 0 Å². The summed E-state index contributed by atoms with van der Waals surface area (Å²) in [5.41, 5.74) is 1.38. The first kappa shape index (κ1) is 14.7. The molecule has 1 atom stereocenters. The minimum Gasteiger partial charge on any atom is -0.455 e. The van der Waals surface area contributed by atoms with E-state index in [9.17, 15) is 9.59 Å². The van der Waals surface area contributed by atoms with Crippen LogP contribution in [0, 0.1) is 6.92 Å². The Hall–Kier alpha value is -2.18. The summed E-state index contributed by atoms with van der Waals surface area (Å²) in [5, 5.41) is 0.876. The standard InChI is InChI=1S/C16H16O6/c1-10-11-4-2-3-5-13(11)22-15(10)12(17)8-21-16(18)14-9-19-6-7-20-14/h2-5,14H,6-9H2,1H3. The fourth-order valence-corrected chi connectivity index (χ4v) is 2.36. The third kappa shape index (κ3) is 2.88. The molecule has 0 bridgehead atoms. The van der Waals surface area contributed by atoms with E-state index in [-0.39, 0.29) is 24.8 Å². The van der Waals surface area contributed by atoms with Crippen molar-refractivity contribution in [3.63, 3.8) is 0 Å². The number of furan rings is 1. The van der Waals surface area contributed by atoms with Crippen molar-refractivity contribution in [1.29, 1.82) is 0 Å². The lowest BCUT2D eigenvalue weighted by molar-refractivity contribution is -0.169. The van der Waals surface area contributed by atoms with E-state index in [2.05, 4.69) is 0 Å². The van der Waals surface area contributed by atoms with E-state index in [1.807, 2.05) is 18.2 Å². The van der Waals surface area contributed by atoms with Gasteiger partial charge in [0.1, 0.15) is 5.58 Å². The number of ketones is 1. The maximum absolute atomic E-state index is 12.2. The highest BCUT2D eigenvalue weighted by Gasteiger charge is 2.26. The van der Waals surface area contributed by atoms with Crippen molar-refractivity contribution < 1.29 is 28.2 Å². The van der Waals surface area contributed by atoms with E-state index in [1.54, 1.807) is 13.0 Å². The lowest BCUT2D eigenvalue weighted by Gasteiger charge is -2.20. The van der Waals surface area contributed by atoms with Crippen molar-refractivity contribution >= 4 is 22.7 Å². The van der Waals surface area contributed by atoms with Gasteiger partial charge in [-0.05, 0) is 13.0 Å². The number of hydrogen-bond donors (Lipinski definition) is 0. The molecule has 0 amide bonds. The largest absolute Gasteiger partial charge is 0.455 e. The van der Waals surface area contributed by atoms with Gasteiger partial charge in [0.05, 0.1) is 19.8 Å². The zero-order valence-electron chi connectivity index (χ0n) is 12.2. The zero-order chi connectivity index (χ0) is 15.5. The molecule has 0 saturated carbocycles. The molecule has 1 unspecified atom stereocenters. The van der Waals surface area contributed by atoms with E-state index in [0.717, 1.165) is 10.9 Å². The summed E-state index contributed by atoms with van der Waals surface area (Å²) in [5.74, 6) is -0.754. The smallest absolute Gasteiger partial charge is 0.338 e. The maximum Gasteiger partial charge on any atom is 0.338 e. The molecular formula is C16H16O6. The summed E-state index contributed by atoms with van der Waals surface area (Å²) in [4.78, 5) is 24.0. The van der Waals surface area contributed by atoms with Gasteiger partial charge in [-0.25, -0.2) is 4.79 Å². The van der Waals surface area contributed by atoms with E-state index in [1.165, 1.54) is 0 Å². The highest BCUT2D eigenvalue weighted by atomic mass is 16.6. The van der Waals surface area contributed by atoms with Crippen LogP contribution in [0.25, 0.3) is 11.0 Å². The summed E-state index contributed by atoms with van der Waals surface area (Å²) in [6.07, 6.45) is -0.765. The predicted molar refractivity (Wildman–Crippen MR) is 76.8 cm³/mol. The second-order valence-corrected chi connectivity index (χ2v) is 5.02. The SMILES string of the molecule is Cc1c(C(=O)COC(=O)C2COCCO2)oc2ccccc12. The summed E-state index contributed by atoms with van der Waals surface area (Å²) in [7, 11) is 0. The van der Waals surface area contributed by atoms with Crippen molar-refractivity contribution in [2.75, 3.05) is 26.4 Å². The van der Waals surface area contributed by atoms with Crippen LogP contribution in [0.1, 0.15) is 16.1 Å². The number of rotatable bonds is 4. The molecule has 3 rings (SSSR count). The highest BCUT2D eigenvalue weighted by molar-refractivity contribution is 6.01. The van der Waals surface area contributed by atoms with Gasteiger partial charge >= 0.3 is 5.97 Å². The minimum atomic E-state index is -0.765. The average molecular weight is 304 g/mol. The van der Waals surface area contributed by atoms with Crippen molar-refractivity contribution in [1.82, 2.24) is 0 Å². The van der Waals surface area contributed by atoms with Crippen LogP contribution in [-0.4, -0.2) is 44.3 Å². The second-order valence-electron chi connectivity index (χ2n) is 5.02. The molecule has 22 heavy (non-hydrogen) atoms. The van der Waals surface area contributed by atoms with Crippen LogP contribution in [0.4, 0.5) is 0 Å². The number of Topliss-reactive ketones (excluding diaryl/α,β-unsaturated/α-hetero) is 1. The summed E-state index contributed by atoms with van der Waals surface area (Å²) in [6, 6.07) is 7.38. The van der Waals surface area contributed by atoms with Crippen molar-refractivity contribution in [2.24, 2.45) is 0 Å². The van der Waals surface area contributed by atoms with Crippen molar-refractivity contribution in [3.8, 4) is 0 Å². The molecule has 116 valence electrons. The molecule has 1 aromatic heterocycles. The highest BCUT2D eigenvalue weighted by Crippen LogP contribution is 2.25. The molecule has 0 aliphatic carbocycles. The number of esters is 1. The van der Waals surface area contributed by atoms with Crippen LogP contribution >= 0.6 is 0 Å². The summed E-state index contributed by atoms with van der Waals surface area (Å²) in [6.45, 7) is 2.38. The van der Waals surface area contributed by atoms with Gasteiger partial charge in [0, 0.05) is 10.9 Å². The Bertz CT molecular complexity index is 696. The molecule has 1 aliphatic heterocycles. The van der Waals surface area contributed by atoms with Crippen molar-refractivity contribution in [3.05, 3.63) is 35.6 Å². The fourth-order valence-electron chi connectivity index (χ4n) is 2.36. The average Bonchev–Trinajstić information content (AvgIpc) is 2.90. The van der Waals surface area contributed by atoms with Crippen LogP contribution in [-0.2, 0) is 19.0 Å². The number of benzene rings is 1. The molecule has 6 heteroatoms. The molecule has 1 aliphatic rings. The van der Waals surface area contributed by atoms with Crippen LogP contribution in [0.15, 0.2) is 28.7 Å². The van der Waals surface area contributed by atoms with Gasteiger partial charge in [0.2, 0.25) is 5.78 Å². The third-order valence-electron chi connectivity index (χ3n) is 3.52. The normalized spacial score (nSPS) is 18.3. The maximum atomic E-state index is 12.2. The summed E-state index contributed by atoms with van der Waals surface area (Å²) >= 11 is 0. The van der Waals surface area contributed by atoms with E-state index in [4.69, 9.17) is 18.6 Å². The zero-order valence-corrected chi connectivity index (χ0v) is 12.2. The van der Waals surface area contributed by atoms with Crippen LogP contribution in [0.2, 0.25) is 0 Å². The molecule has 0 N–H and O–H groups in total. The van der Waals surface area contributed by atoms with Crippen molar-refractivity contribution in [2.45, 2.75) is 13.0 Å². The topological polar surface area (TPSA) is 75.0 Å². The number of ether oxygens (including phenoxy) is 3. The van der Waals surface area contributed by atoms with E-state index < -0.39 is 12.1 Å². The minimum absolute atomic E-state index is 0.149. The number of fused-ring (bicyclic) bond motifs is 1. The Kier molecular flexibility index (Phi) is 4.22. The van der Waals surface area contributed by atoms with Gasteiger partial charge < -0.3 is 18.6 Å². The predicted octanol–water partition coefficient (Wildman–Crippen LogP) is 1.88. The Morgan fingerprint density at radius 1 is 1.27 bits per heavy atom. The first-order valence-corrected chi connectivity index (χ1v) is 7.04. The molecule has 2 aromatic rings.